The maximum atomic E-state index is 12.5. The van der Waals surface area contributed by atoms with Crippen molar-refractivity contribution in [2.45, 2.75) is 23.5 Å². The summed E-state index contributed by atoms with van der Waals surface area (Å²) in [4.78, 5) is 14.6. The lowest BCUT2D eigenvalue weighted by molar-refractivity contribution is 0.0746. The molecular weight excluding hydrogens is 262 g/mol. The van der Waals surface area contributed by atoms with Gasteiger partial charge in [0.1, 0.15) is 0 Å². The Morgan fingerprint density at radius 3 is 2.61 bits per heavy atom. The minimum absolute atomic E-state index is 0.214. The molecule has 0 aromatic heterocycles. The van der Waals surface area contributed by atoms with Crippen LogP contribution in [-0.4, -0.2) is 39.5 Å². The van der Waals surface area contributed by atoms with Crippen molar-refractivity contribution in [2.24, 2.45) is 0 Å². The van der Waals surface area contributed by atoms with Gasteiger partial charge in [-0.15, -0.1) is 23.5 Å². The largest absolute Gasteiger partial charge is 0.334 e. The first kappa shape index (κ1) is 12.4. The lowest BCUT2D eigenvalue weighted by atomic mass is 10.2. The second-order valence-electron chi connectivity index (χ2n) is 4.68. The SMILES string of the molecule is O=C(c1ccccc1)N1CCC[C@@H]1C1SCCS1. The molecule has 4 heteroatoms. The first-order chi connectivity index (χ1) is 8.86. The van der Waals surface area contributed by atoms with Crippen molar-refractivity contribution in [1.29, 1.82) is 0 Å². The molecule has 2 heterocycles. The maximum Gasteiger partial charge on any atom is 0.254 e. The summed E-state index contributed by atoms with van der Waals surface area (Å²) in [6, 6.07) is 10.1. The molecule has 1 aromatic carbocycles. The van der Waals surface area contributed by atoms with Crippen LogP contribution < -0.4 is 0 Å². The van der Waals surface area contributed by atoms with Gasteiger partial charge in [0.2, 0.25) is 0 Å². The second kappa shape index (κ2) is 5.57. The molecule has 18 heavy (non-hydrogen) atoms. The molecule has 0 N–H and O–H groups in total. The molecule has 1 aromatic rings. The topological polar surface area (TPSA) is 20.3 Å². The van der Waals surface area contributed by atoms with E-state index in [9.17, 15) is 4.79 Å². The van der Waals surface area contributed by atoms with Crippen LogP contribution >= 0.6 is 23.5 Å². The Morgan fingerprint density at radius 2 is 1.89 bits per heavy atom. The number of thioether (sulfide) groups is 2. The molecule has 1 atom stereocenters. The van der Waals surface area contributed by atoms with Crippen LogP contribution in [0.3, 0.4) is 0 Å². The van der Waals surface area contributed by atoms with E-state index in [2.05, 4.69) is 4.90 Å². The summed E-state index contributed by atoms with van der Waals surface area (Å²) in [6.45, 7) is 0.927. The summed E-state index contributed by atoms with van der Waals surface area (Å²) < 4.78 is 0.597. The molecule has 0 bridgehead atoms. The van der Waals surface area contributed by atoms with E-state index in [1.54, 1.807) is 0 Å². The van der Waals surface area contributed by atoms with Crippen molar-refractivity contribution < 1.29 is 4.79 Å². The molecule has 0 radical (unpaired) electrons. The van der Waals surface area contributed by atoms with Gasteiger partial charge in [0.25, 0.3) is 5.91 Å². The standard InChI is InChI=1S/C14H17NOS2/c16-13(11-5-2-1-3-6-11)15-8-4-7-12(15)14-17-9-10-18-14/h1-3,5-6,12,14H,4,7-10H2/t12-/m1/s1. The Labute approximate surface area is 117 Å². The van der Waals surface area contributed by atoms with E-state index in [0.717, 1.165) is 18.5 Å². The van der Waals surface area contributed by atoms with Gasteiger partial charge in [0, 0.05) is 23.6 Å². The molecule has 2 nitrogen and oxygen atoms in total. The van der Waals surface area contributed by atoms with Crippen LogP contribution in [0.25, 0.3) is 0 Å². The highest BCUT2D eigenvalue weighted by Crippen LogP contribution is 2.40. The Hall–Kier alpha value is -0.610. The maximum absolute atomic E-state index is 12.5. The molecule has 96 valence electrons. The monoisotopic (exact) mass is 279 g/mol. The van der Waals surface area contributed by atoms with Crippen molar-refractivity contribution >= 4 is 29.4 Å². The molecule has 0 saturated carbocycles. The average molecular weight is 279 g/mol. The molecular formula is C14H17NOS2. The molecule has 2 aliphatic rings. The molecule has 2 aliphatic heterocycles. The van der Waals surface area contributed by atoms with Crippen LogP contribution in [0.15, 0.2) is 30.3 Å². The summed E-state index contributed by atoms with van der Waals surface area (Å²) in [5, 5.41) is 0. The van der Waals surface area contributed by atoms with Gasteiger partial charge >= 0.3 is 0 Å². The lowest BCUT2D eigenvalue weighted by Gasteiger charge is -2.28. The number of carbonyl (C=O) groups excluding carboxylic acids is 1. The van der Waals surface area contributed by atoms with E-state index < -0.39 is 0 Å². The highest BCUT2D eigenvalue weighted by molar-refractivity contribution is 8.20. The van der Waals surface area contributed by atoms with Gasteiger partial charge in [0.15, 0.2) is 0 Å². The second-order valence-corrected chi connectivity index (χ2v) is 7.48. The highest BCUT2D eigenvalue weighted by atomic mass is 32.2. The first-order valence-corrected chi connectivity index (χ1v) is 8.55. The lowest BCUT2D eigenvalue weighted by Crippen LogP contribution is -2.39. The molecule has 1 amide bonds. The Bertz CT molecular complexity index is 417. The minimum atomic E-state index is 0.214. The zero-order valence-corrected chi connectivity index (χ0v) is 11.9. The molecule has 0 aliphatic carbocycles. The van der Waals surface area contributed by atoms with Crippen LogP contribution in [-0.2, 0) is 0 Å². The third kappa shape index (κ3) is 2.41. The molecule has 0 unspecified atom stereocenters. The number of hydrogen-bond acceptors (Lipinski definition) is 3. The summed E-state index contributed by atoms with van der Waals surface area (Å²) in [7, 11) is 0. The van der Waals surface area contributed by atoms with Crippen LogP contribution in [0, 0.1) is 0 Å². The summed E-state index contributed by atoms with van der Waals surface area (Å²) in [5.74, 6) is 2.68. The van der Waals surface area contributed by atoms with E-state index >= 15 is 0 Å². The van der Waals surface area contributed by atoms with Crippen LogP contribution in [0.2, 0.25) is 0 Å². The smallest absolute Gasteiger partial charge is 0.254 e. The van der Waals surface area contributed by atoms with E-state index in [-0.39, 0.29) is 5.91 Å². The molecule has 0 spiro atoms. The van der Waals surface area contributed by atoms with Crippen molar-refractivity contribution in [2.75, 3.05) is 18.1 Å². The number of carbonyl (C=O) groups is 1. The highest BCUT2D eigenvalue weighted by Gasteiger charge is 2.37. The van der Waals surface area contributed by atoms with Gasteiger partial charge in [-0.25, -0.2) is 0 Å². The van der Waals surface area contributed by atoms with Gasteiger partial charge in [-0.1, -0.05) is 18.2 Å². The normalized spacial score (nSPS) is 24.7. The van der Waals surface area contributed by atoms with E-state index in [1.807, 2.05) is 53.9 Å². The van der Waals surface area contributed by atoms with Crippen LogP contribution in [0.4, 0.5) is 0 Å². The van der Waals surface area contributed by atoms with E-state index in [1.165, 1.54) is 17.9 Å². The third-order valence-electron chi connectivity index (χ3n) is 3.54. The third-order valence-corrected chi connectivity index (χ3v) is 6.78. The van der Waals surface area contributed by atoms with Gasteiger partial charge in [-0.2, -0.15) is 0 Å². The van der Waals surface area contributed by atoms with Crippen molar-refractivity contribution in [3.8, 4) is 0 Å². The molecule has 2 fully saturated rings. The number of rotatable bonds is 2. The zero-order valence-electron chi connectivity index (χ0n) is 10.2. The number of nitrogens with zero attached hydrogens (tertiary/aromatic N) is 1. The van der Waals surface area contributed by atoms with Crippen LogP contribution in [0.1, 0.15) is 23.2 Å². The molecule has 3 rings (SSSR count). The van der Waals surface area contributed by atoms with Gasteiger partial charge in [0.05, 0.1) is 10.6 Å². The van der Waals surface area contributed by atoms with E-state index in [0.29, 0.717) is 10.6 Å². The quantitative estimate of drug-likeness (QED) is 0.830. The van der Waals surface area contributed by atoms with Crippen molar-refractivity contribution in [3.05, 3.63) is 35.9 Å². The number of hydrogen-bond donors (Lipinski definition) is 0. The number of likely N-dealkylation sites (tertiary alicyclic amines) is 1. The predicted octanol–water partition coefficient (Wildman–Crippen LogP) is 3.10. The van der Waals surface area contributed by atoms with E-state index in [4.69, 9.17) is 0 Å². The van der Waals surface area contributed by atoms with Gasteiger partial charge in [-0.3, -0.25) is 4.79 Å². The van der Waals surface area contributed by atoms with Crippen LogP contribution in [0.5, 0.6) is 0 Å². The number of benzene rings is 1. The Morgan fingerprint density at radius 1 is 1.17 bits per heavy atom. The zero-order chi connectivity index (χ0) is 12.4. The average Bonchev–Trinajstić information content (AvgIpc) is 3.09. The fourth-order valence-corrected chi connectivity index (χ4v) is 5.88. The summed E-state index contributed by atoms with van der Waals surface area (Å²) in [6.07, 6.45) is 2.32. The Kier molecular flexibility index (Phi) is 3.85. The number of amides is 1. The fraction of sp³-hybridized carbons (Fsp3) is 0.500. The van der Waals surface area contributed by atoms with Crippen molar-refractivity contribution in [1.82, 2.24) is 4.90 Å². The predicted molar refractivity (Wildman–Crippen MR) is 79.2 cm³/mol. The fourth-order valence-electron chi connectivity index (χ4n) is 2.67. The minimum Gasteiger partial charge on any atom is -0.334 e. The van der Waals surface area contributed by atoms with Gasteiger partial charge < -0.3 is 4.90 Å². The molecule has 2 saturated heterocycles. The van der Waals surface area contributed by atoms with Crippen molar-refractivity contribution in [3.63, 3.8) is 0 Å². The Balaban J connectivity index is 1.76. The summed E-state index contributed by atoms with van der Waals surface area (Å²) >= 11 is 4.05. The van der Waals surface area contributed by atoms with Gasteiger partial charge in [-0.05, 0) is 25.0 Å². The summed E-state index contributed by atoms with van der Waals surface area (Å²) in [5.41, 5.74) is 0.831. The first-order valence-electron chi connectivity index (χ1n) is 6.45.